The molecule has 3 rings (SSSR count). The van der Waals surface area contributed by atoms with Crippen molar-refractivity contribution < 1.29 is 4.79 Å². The molecule has 0 saturated heterocycles. The molecule has 1 unspecified atom stereocenters. The van der Waals surface area contributed by atoms with E-state index in [-0.39, 0.29) is 5.92 Å². The first-order valence-electron chi connectivity index (χ1n) is 7.53. The number of nitrogens with two attached hydrogens (primary N) is 1. The van der Waals surface area contributed by atoms with Crippen LogP contribution < -0.4 is 5.73 Å². The van der Waals surface area contributed by atoms with Crippen LogP contribution in [0.25, 0.3) is 21.8 Å². The zero-order chi connectivity index (χ0) is 16.4. The molecule has 0 saturated carbocycles. The zero-order valence-electron chi connectivity index (χ0n) is 13.1. The fraction of sp³-hybridized carbons (Fsp3) is 0.222. The largest absolute Gasteiger partial charge is 0.368 e. The fourth-order valence-electron chi connectivity index (χ4n) is 2.54. The van der Waals surface area contributed by atoms with Gasteiger partial charge in [0, 0.05) is 23.2 Å². The van der Waals surface area contributed by atoms with Crippen LogP contribution in [0.5, 0.6) is 0 Å². The number of fused-ring (bicyclic) bond motifs is 3. The van der Waals surface area contributed by atoms with Crippen LogP contribution in [0.3, 0.4) is 0 Å². The van der Waals surface area contributed by atoms with E-state index < -0.39 is 11.9 Å². The van der Waals surface area contributed by atoms with Gasteiger partial charge in [0.05, 0.1) is 16.7 Å². The summed E-state index contributed by atoms with van der Waals surface area (Å²) in [4.78, 5) is 24.8. The lowest BCUT2D eigenvalue weighted by molar-refractivity contribution is -0.119. The second kappa shape index (κ2) is 6.12. The Hall–Kier alpha value is -2.82. The maximum atomic E-state index is 11.4. The van der Waals surface area contributed by atoms with Crippen LogP contribution in [0.2, 0.25) is 0 Å². The van der Waals surface area contributed by atoms with Gasteiger partial charge in [0.2, 0.25) is 5.91 Å². The molecule has 2 aromatic heterocycles. The second-order valence-corrected chi connectivity index (χ2v) is 5.82. The number of carbonyl (C=O) groups excluding carboxylic acids is 1. The zero-order valence-corrected chi connectivity index (χ0v) is 13.1. The van der Waals surface area contributed by atoms with E-state index >= 15 is 0 Å². The molecule has 5 heteroatoms. The molecular weight excluding hydrogens is 288 g/mol. The van der Waals surface area contributed by atoms with Crippen molar-refractivity contribution in [2.45, 2.75) is 19.9 Å². The van der Waals surface area contributed by atoms with Crippen molar-refractivity contribution in [3.8, 4) is 0 Å². The van der Waals surface area contributed by atoms with Crippen molar-refractivity contribution in [1.82, 2.24) is 9.97 Å². The van der Waals surface area contributed by atoms with Crippen LogP contribution in [0.4, 0.5) is 0 Å². The number of hydrogen-bond acceptors (Lipinski definition) is 4. The second-order valence-electron chi connectivity index (χ2n) is 5.82. The highest BCUT2D eigenvalue weighted by Gasteiger charge is 2.17. The van der Waals surface area contributed by atoms with Gasteiger partial charge in [0.1, 0.15) is 6.04 Å². The highest BCUT2D eigenvalue weighted by Crippen LogP contribution is 2.21. The monoisotopic (exact) mass is 306 g/mol. The summed E-state index contributed by atoms with van der Waals surface area (Å²) in [6.45, 7) is 3.83. The molecular formula is C18H18N4O. The first-order valence-corrected chi connectivity index (χ1v) is 7.53. The van der Waals surface area contributed by atoms with Crippen molar-refractivity contribution >= 4 is 33.9 Å². The molecule has 23 heavy (non-hydrogen) atoms. The van der Waals surface area contributed by atoms with Crippen molar-refractivity contribution in [2.75, 3.05) is 0 Å². The van der Waals surface area contributed by atoms with Gasteiger partial charge in [0.25, 0.3) is 0 Å². The van der Waals surface area contributed by atoms with Crippen LogP contribution in [0.15, 0.2) is 47.6 Å². The number of rotatable bonds is 4. The smallest absolute Gasteiger partial charge is 0.242 e. The predicted molar refractivity (Wildman–Crippen MR) is 92.5 cm³/mol. The van der Waals surface area contributed by atoms with E-state index in [4.69, 9.17) is 5.73 Å². The maximum absolute atomic E-state index is 11.4. The molecule has 0 aliphatic heterocycles. The summed E-state index contributed by atoms with van der Waals surface area (Å²) in [5.74, 6) is -0.379. The van der Waals surface area contributed by atoms with Crippen molar-refractivity contribution in [3.05, 3.63) is 48.3 Å². The Kier molecular flexibility index (Phi) is 4.02. The predicted octanol–water partition coefficient (Wildman–Crippen LogP) is 2.71. The van der Waals surface area contributed by atoms with Crippen molar-refractivity contribution in [3.63, 3.8) is 0 Å². The van der Waals surface area contributed by atoms with Crippen molar-refractivity contribution in [1.29, 1.82) is 0 Å². The molecule has 0 fully saturated rings. The van der Waals surface area contributed by atoms with E-state index in [0.717, 1.165) is 21.8 Å². The summed E-state index contributed by atoms with van der Waals surface area (Å²) in [5.41, 5.74) is 7.75. The summed E-state index contributed by atoms with van der Waals surface area (Å²) in [6, 6.07) is 11.3. The molecule has 0 radical (unpaired) electrons. The molecule has 5 nitrogen and oxygen atoms in total. The van der Waals surface area contributed by atoms with Crippen LogP contribution in [0.1, 0.15) is 19.5 Å². The topological polar surface area (TPSA) is 81.2 Å². The summed E-state index contributed by atoms with van der Waals surface area (Å²) in [7, 11) is 0. The van der Waals surface area contributed by atoms with Gasteiger partial charge >= 0.3 is 0 Å². The lowest BCUT2D eigenvalue weighted by Crippen LogP contribution is -2.31. The van der Waals surface area contributed by atoms with E-state index in [1.807, 2.05) is 50.2 Å². The third kappa shape index (κ3) is 3.04. The minimum Gasteiger partial charge on any atom is -0.368 e. The molecule has 2 heterocycles. The number of primary amides is 1. The number of aromatic nitrogens is 2. The SMILES string of the molecule is CC(C)C(N=Cc1ccc2ccc3cccnc3c2n1)C(N)=O. The number of nitrogens with zero attached hydrogens (tertiary/aromatic N) is 3. The first kappa shape index (κ1) is 15.1. The van der Waals surface area contributed by atoms with Gasteiger partial charge in [0.15, 0.2) is 0 Å². The van der Waals surface area contributed by atoms with Gasteiger partial charge in [-0.2, -0.15) is 0 Å². The van der Waals surface area contributed by atoms with Gasteiger partial charge in [-0.3, -0.25) is 14.8 Å². The first-order chi connectivity index (χ1) is 11.1. The van der Waals surface area contributed by atoms with Crippen LogP contribution in [0, 0.1) is 5.92 Å². The molecule has 2 N–H and O–H groups in total. The quantitative estimate of drug-likeness (QED) is 0.594. The Morgan fingerprint density at radius 1 is 1.13 bits per heavy atom. The minimum atomic E-state index is -0.543. The highest BCUT2D eigenvalue weighted by molar-refractivity contribution is 6.03. The number of pyridine rings is 2. The van der Waals surface area contributed by atoms with Crippen LogP contribution >= 0.6 is 0 Å². The van der Waals surface area contributed by atoms with Gasteiger partial charge in [-0.05, 0) is 18.1 Å². The van der Waals surface area contributed by atoms with E-state index in [9.17, 15) is 4.79 Å². The van der Waals surface area contributed by atoms with Gasteiger partial charge < -0.3 is 5.73 Å². The van der Waals surface area contributed by atoms with E-state index in [1.165, 1.54) is 0 Å². The number of carbonyl (C=O) groups is 1. The summed E-state index contributed by atoms with van der Waals surface area (Å²) < 4.78 is 0. The summed E-state index contributed by atoms with van der Waals surface area (Å²) in [5, 5.41) is 2.06. The van der Waals surface area contributed by atoms with Crippen LogP contribution in [-0.4, -0.2) is 28.1 Å². The summed E-state index contributed by atoms with van der Waals surface area (Å²) >= 11 is 0. The number of aliphatic imine (C=N–C) groups is 1. The summed E-state index contributed by atoms with van der Waals surface area (Å²) in [6.07, 6.45) is 3.36. The molecule has 1 atom stereocenters. The average molecular weight is 306 g/mol. The number of benzene rings is 1. The molecule has 3 aromatic rings. The average Bonchev–Trinajstić information content (AvgIpc) is 2.54. The highest BCUT2D eigenvalue weighted by atomic mass is 16.1. The Morgan fingerprint density at radius 2 is 1.83 bits per heavy atom. The maximum Gasteiger partial charge on any atom is 0.242 e. The van der Waals surface area contributed by atoms with E-state index in [2.05, 4.69) is 15.0 Å². The molecule has 0 bridgehead atoms. The normalized spacial score (nSPS) is 13.2. The van der Waals surface area contributed by atoms with E-state index in [1.54, 1.807) is 12.4 Å². The van der Waals surface area contributed by atoms with Crippen molar-refractivity contribution in [2.24, 2.45) is 16.6 Å². The molecule has 1 amide bonds. The fourth-order valence-corrected chi connectivity index (χ4v) is 2.54. The van der Waals surface area contributed by atoms with Crippen LogP contribution in [-0.2, 0) is 4.79 Å². The number of amides is 1. The lowest BCUT2D eigenvalue weighted by atomic mass is 10.1. The Bertz CT molecular complexity index is 902. The van der Waals surface area contributed by atoms with E-state index in [0.29, 0.717) is 5.69 Å². The Morgan fingerprint density at radius 3 is 2.52 bits per heavy atom. The standard InChI is InChI=1S/C18H18N4O/c1-11(2)15(18(19)23)21-10-14-8-7-13-6-5-12-4-3-9-20-16(12)17(13)22-14/h3-11,15H,1-2H3,(H2,19,23). The lowest BCUT2D eigenvalue weighted by Gasteiger charge is -2.11. The van der Waals surface area contributed by atoms with Gasteiger partial charge in [-0.25, -0.2) is 4.98 Å². The third-order valence-corrected chi connectivity index (χ3v) is 3.74. The van der Waals surface area contributed by atoms with Gasteiger partial charge in [-0.1, -0.05) is 38.1 Å². The van der Waals surface area contributed by atoms with Gasteiger partial charge in [-0.15, -0.1) is 0 Å². The molecule has 1 aromatic carbocycles. The molecule has 0 aliphatic rings. The molecule has 116 valence electrons. The minimum absolute atomic E-state index is 0.0479. The Balaban J connectivity index is 2.05. The molecule has 0 spiro atoms. The molecule has 0 aliphatic carbocycles. The number of hydrogen-bond donors (Lipinski definition) is 1. The third-order valence-electron chi connectivity index (χ3n) is 3.74. The Labute approximate surface area is 134 Å².